The number of amides is 1. The average Bonchev–Trinajstić information content (AvgIpc) is 2.34. The van der Waals surface area contributed by atoms with Gasteiger partial charge in [-0.3, -0.25) is 4.79 Å². The molecule has 64 valence electrons. The van der Waals surface area contributed by atoms with Crippen molar-refractivity contribution in [3.8, 4) is 0 Å². The molecule has 1 aliphatic heterocycles. The molecule has 1 amide bonds. The molecule has 0 aromatic rings. The van der Waals surface area contributed by atoms with Gasteiger partial charge in [-0.05, 0) is 19.8 Å². The van der Waals surface area contributed by atoms with E-state index in [2.05, 4.69) is 0 Å². The van der Waals surface area contributed by atoms with Crippen molar-refractivity contribution in [2.45, 2.75) is 38.0 Å². The zero-order valence-electron chi connectivity index (χ0n) is 6.62. The normalized spacial score (nSPS) is 33.6. The fourth-order valence-corrected chi connectivity index (χ4v) is 1.28. The van der Waals surface area contributed by atoms with Gasteiger partial charge in [0.1, 0.15) is 6.04 Å². The summed E-state index contributed by atoms with van der Waals surface area (Å²) in [6.45, 7) is 1.97. The van der Waals surface area contributed by atoms with Gasteiger partial charge in [0.05, 0.1) is 12.2 Å². The standard InChI is InChI=1S/C7H14N2O2/c1-4-2-3-5(11-4)6(8)7(9)10/h4-6H,2-3,8H2,1H3,(H2,9,10). The quantitative estimate of drug-likeness (QED) is 0.561. The molecule has 1 fully saturated rings. The second-order valence-corrected chi connectivity index (χ2v) is 2.99. The smallest absolute Gasteiger partial charge is 0.237 e. The third-order valence-electron chi connectivity index (χ3n) is 1.99. The Morgan fingerprint density at radius 1 is 1.64 bits per heavy atom. The number of hydrogen-bond acceptors (Lipinski definition) is 3. The maximum Gasteiger partial charge on any atom is 0.237 e. The van der Waals surface area contributed by atoms with Gasteiger partial charge in [-0.1, -0.05) is 0 Å². The number of ether oxygens (including phenoxy) is 1. The first kappa shape index (κ1) is 8.49. The summed E-state index contributed by atoms with van der Waals surface area (Å²) < 4.78 is 5.36. The molecule has 3 unspecified atom stereocenters. The van der Waals surface area contributed by atoms with Gasteiger partial charge in [-0.15, -0.1) is 0 Å². The average molecular weight is 158 g/mol. The van der Waals surface area contributed by atoms with Crippen LogP contribution < -0.4 is 11.5 Å². The Hall–Kier alpha value is -0.610. The summed E-state index contributed by atoms with van der Waals surface area (Å²) in [6.07, 6.45) is 1.85. The topological polar surface area (TPSA) is 78.3 Å². The molecule has 0 aromatic heterocycles. The van der Waals surface area contributed by atoms with E-state index in [1.165, 1.54) is 0 Å². The first-order chi connectivity index (χ1) is 5.11. The minimum atomic E-state index is -0.639. The number of primary amides is 1. The van der Waals surface area contributed by atoms with Gasteiger partial charge >= 0.3 is 0 Å². The summed E-state index contributed by atoms with van der Waals surface area (Å²) in [5, 5.41) is 0. The van der Waals surface area contributed by atoms with Crippen molar-refractivity contribution in [1.82, 2.24) is 0 Å². The van der Waals surface area contributed by atoms with Crippen molar-refractivity contribution < 1.29 is 9.53 Å². The zero-order valence-corrected chi connectivity index (χ0v) is 6.62. The van der Waals surface area contributed by atoms with E-state index in [1.54, 1.807) is 0 Å². The lowest BCUT2D eigenvalue weighted by atomic mass is 10.1. The molecule has 0 spiro atoms. The molecule has 4 N–H and O–H groups in total. The number of nitrogens with two attached hydrogens (primary N) is 2. The molecule has 1 rings (SSSR count). The molecular formula is C7H14N2O2. The van der Waals surface area contributed by atoms with Crippen molar-refractivity contribution in [2.75, 3.05) is 0 Å². The van der Waals surface area contributed by atoms with Gasteiger partial charge in [0.25, 0.3) is 0 Å². The summed E-state index contributed by atoms with van der Waals surface area (Å²) >= 11 is 0. The molecule has 11 heavy (non-hydrogen) atoms. The minimum absolute atomic E-state index is 0.164. The highest BCUT2D eigenvalue weighted by Crippen LogP contribution is 2.20. The second kappa shape index (κ2) is 3.19. The molecule has 0 aromatic carbocycles. The molecule has 0 bridgehead atoms. The van der Waals surface area contributed by atoms with Crippen molar-refractivity contribution in [3.05, 3.63) is 0 Å². The van der Waals surface area contributed by atoms with E-state index in [9.17, 15) is 4.79 Å². The van der Waals surface area contributed by atoms with Crippen LogP contribution in [0.3, 0.4) is 0 Å². The van der Waals surface area contributed by atoms with Crippen LogP contribution in [0.4, 0.5) is 0 Å². The Bertz CT molecular complexity index is 161. The maximum absolute atomic E-state index is 10.6. The lowest BCUT2D eigenvalue weighted by molar-refractivity contribution is -0.122. The number of rotatable bonds is 2. The molecular weight excluding hydrogens is 144 g/mol. The first-order valence-electron chi connectivity index (χ1n) is 3.81. The Labute approximate surface area is 65.9 Å². The van der Waals surface area contributed by atoms with Crippen LogP contribution in [-0.2, 0) is 9.53 Å². The van der Waals surface area contributed by atoms with Crippen molar-refractivity contribution in [3.63, 3.8) is 0 Å². The summed E-state index contributed by atoms with van der Waals surface area (Å²) in [6, 6.07) is -0.639. The molecule has 1 saturated heterocycles. The summed E-state index contributed by atoms with van der Waals surface area (Å²) in [5.41, 5.74) is 10.5. The van der Waals surface area contributed by atoms with Crippen LogP contribution in [0, 0.1) is 0 Å². The lowest BCUT2D eigenvalue weighted by Crippen LogP contribution is -2.45. The third-order valence-corrected chi connectivity index (χ3v) is 1.99. The van der Waals surface area contributed by atoms with Gasteiger partial charge in [0, 0.05) is 0 Å². The van der Waals surface area contributed by atoms with Gasteiger partial charge in [0.15, 0.2) is 0 Å². The van der Waals surface area contributed by atoms with E-state index >= 15 is 0 Å². The van der Waals surface area contributed by atoms with Crippen LogP contribution in [0.1, 0.15) is 19.8 Å². The molecule has 0 radical (unpaired) electrons. The zero-order chi connectivity index (χ0) is 8.43. The van der Waals surface area contributed by atoms with Crippen LogP contribution in [0.25, 0.3) is 0 Å². The molecule has 0 aliphatic carbocycles. The molecule has 1 heterocycles. The summed E-state index contributed by atoms with van der Waals surface area (Å²) in [7, 11) is 0. The van der Waals surface area contributed by atoms with Crippen LogP contribution in [0.2, 0.25) is 0 Å². The third kappa shape index (κ3) is 1.91. The number of hydrogen-bond donors (Lipinski definition) is 2. The Morgan fingerprint density at radius 2 is 2.27 bits per heavy atom. The maximum atomic E-state index is 10.6. The SMILES string of the molecule is CC1CCC(C(N)C(N)=O)O1. The predicted octanol–water partition coefficient (Wildman–Crippen LogP) is -0.633. The molecule has 3 atom stereocenters. The molecule has 4 heteroatoms. The highest BCUT2D eigenvalue weighted by atomic mass is 16.5. The van der Waals surface area contributed by atoms with Gasteiger partial charge in [-0.25, -0.2) is 0 Å². The van der Waals surface area contributed by atoms with Crippen molar-refractivity contribution >= 4 is 5.91 Å². The van der Waals surface area contributed by atoms with Crippen molar-refractivity contribution in [2.24, 2.45) is 11.5 Å². The second-order valence-electron chi connectivity index (χ2n) is 2.99. The predicted molar refractivity (Wildman–Crippen MR) is 40.7 cm³/mol. The molecule has 4 nitrogen and oxygen atoms in total. The number of carbonyl (C=O) groups is 1. The number of carbonyl (C=O) groups excluding carboxylic acids is 1. The largest absolute Gasteiger partial charge is 0.373 e. The van der Waals surface area contributed by atoms with Crippen molar-refractivity contribution in [1.29, 1.82) is 0 Å². The van der Waals surface area contributed by atoms with E-state index in [0.717, 1.165) is 12.8 Å². The monoisotopic (exact) mass is 158 g/mol. The van der Waals surface area contributed by atoms with Gasteiger partial charge in [-0.2, -0.15) is 0 Å². The Kier molecular flexibility index (Phi) is 2.46. The summed E-state index contributed by atoms with van der Waals surface area (Å²) in [5.74, 6) is -0.482. The van der Waals surface area contributed by atoms with E-state index in [1.807, 2.05) is 6.92 Å². The lowest BCUT2D eigenvalue weighted by Gasteiger charge is -2.15. The van der Waals surface area contributed by atoms with E-state index in [4.69, 9.17) is 16.2 Å². The highest BCUT2D eigenvalue weighted by Gasteiger charge is 2.30. The first-order valence-corrected chi connectivity index (χ1v) is 3.81. The highest BCUT2D eigenvalue weighted by molar-refractivity contribution is 5.80. The van der Waals surface area contributed by atoms with Gasteiger partial charge < -0.3 is 16.2 Å². The molecule has 0 saturated carbocycles. The van der Waals surface area contributed by atoms with Crippen LogP contribution in [-0.4, -0.2) is 24.2 Å². The van der Waals surface area contributed by atoms with Crippen LogP contribution >= 0.6 is 0 Å². The van der Waals surface area contributed by atoms with E-state index in [0.29, 0.717) is 0 Å². The summed E-state index contributed by atoms with van der Waals surface area (Å²) in [4.78, 5) is 10.6. The van der Waals surface area contributed by atoms with Crippen LogP contribution in [0.5, 0.6) is 0 Å². The fourth-order valence-electron chi connectivity index (χ4n) is 1.28. The molecule has 1 aliphatic rings. The Morgan fingerprint density at radius 3 is 2.64 bits per heavy atom. The fraction of sp³-hybridized carbons (Fsp3) is 0.857. The van der Waals surface area contributed by atoms with E-state index < -0.39 is 11.9 Å². The Balaban J connectivity index is 2.43. The minimum Gasteiger partial charge on any atom is -0.373 e. The van der Waals surface area contributed by atoms with Gasteiger partial charge in [0.2, 0.25) is 5.91 Å². The van der Waals surface area contributed by atoms with E-state index in [-0.39, 0.29) is 12.2 Å². The van der Waals surface area contributed by atoms with Crippen LogP contribution in [0.15, 0.2) is 0 Å².